The number of benzene rings is 2. The molecule has 2 rings (SSSR count). The van der Waals surface area contributed by atoms with E-state index >= 15 is 0 Å². The Hall–Kier alpha value is -1.80. The van der Waals surface area contributed by atoms with Crippen molar-refractivity contribution in [3.8, 4) is 11.1 Å². The van der Waals surface area contributed by atoms with Crippen LogP contribution in [0.4, 0.5) is 0 Å². The van der Waals surface area contributed by atoms with Crippen molar-refractivity contribution in [3.63, 3.8) is 0 Å². The van der Waals surface area contributed by atoms with Crippen LogP contribution in [-0.2, 0) is 0 Å². The minimum absolute atomic E-state index is 0. The Balaban J connectivity index is 0.00000162. The third kappa shape index (κ3) is 2.71. The fourth-order valence-corrected chi connectivity index (χ4v) is 1.90. The normalized spacial score (nSPS) is 9.67. The van der Waals surface area contributed by atoms with E-state index in [2.05, 4.69) is 26.0 Å². The molecule has 0 aromatic heterocycles. The van der Waals surface area contributed by atoms with Gasteiger partial charge >= 0.3 is 0 Å². The molecule has 94 valence electrons. The lowest BCUT2D eigenvalue weighted by Gasteiger charge is -2.09. The van der Waals surface area contributed by atoms with Gasteiger partial charge in [0.05, 0.1) is 0 Å². The van der Waals surface area contributed by atoms with Gasteiger partial charge in [-0.25, -0.2) is 0 Å². The maximum atomic E-state index is 11.2. The van der Waals surface area contributed by atoms with Crippen LogP contribution in [0, 0.1) is 13.8 Å². The van der Waals surface area contributed by atoms with Crippen molar-refractivity contribution >= 4 is 18.3 Å². The molecule has 0 radical (unpaired) electrons. The first-order valence-electron chi connectivity index (χ1n) is 5.56. The molecule has 18 heavy (non-hydrogen) atoms. The van der Waals surface area contributed by atoms with Crippen LogP contribution in [0.15, 0.2) is 42.5 Å². The summed E-state index contributed by atoms with van der Waals surface area (Å²) in [5.74, 6) is -0.392. The number of carbonyl (C=O) groups is 1. The van der Waals surface area contributed by atoms with E-state index in [9.17, 15) is 4.79 Å². The van der Waals surface area contributed by atoms with E-state index in [1.165, 1.54) is 11.1 Å². The van der Waals surface area contributed by atoms with Gasteiger partial charge in [-0.3, -0.25) is 4.79 Å². The number of aryl methyl sites for hydroxylation is 1. The molecular weight excluding hydrogens is 246 g/mol. The summed E-state index contributed by atoms with van der Waals surface area (Å²) in [6, 6.07) is 13.6. The van der Waals surface area contributed by atoms with Gasteiger partial charge in [-0.1, -0.05) is 30.3 Å². The molecule has 0 saturated heterocycles. The molecule has 0 aliphatic carbocycles. The van der Waals surface area contributed by atoms with Crippen LogP contribution in [0.3, 0.4) is 0 Å². The molecule has 0 fully saturated rings. The number of nitrogens with two attached hydrogens (primary N) is 1. The van der Waals surface area contributed by atoms with Gasteiger partial charge in [0.15, 0.2) is 0 Å². The van der Waals surface area contributed by atoms with Crippen LogP contribution in [-0.4, -0.2) is 5.91 Å². The summed E-state index contributed by atoms with van der Waals surface area (Å²) in [6.45, 7) is 4.17. The SMILES string of the molecule is Cc1cccc(-c2cccc(C(N)=O)c2)c1C.Cl. The van der Waals surface area contributed by atoms with Crippen molar-refractivity contribution < 1.29 is 4.79 Å². The van der Waals surface area contributed by atoms with Gasteiger partial charge in [-0.05, 0) is 48.2 Å². The number of amides is 1. The summed E-state index contributed by atoms with van der Waals surface area (Å²) in [7, 11) is 0. The van der Waals surface area contributed by atoms with Gasteiger partial charge in [-0.2, -0.15) is 0 Å². The van der Waals surface area contributed by atoms with Crippen LogP contribution in [0.2, 0.25) is 0 Å². The number of hydrogen-bond acceptors (Lipinski definition) is 1. The third-order valence-corrected chi connectivity index (χ3v) is 3.06. The van der Waals surface area contributed by atoms with Crippen LogP contribution < -0.4 is 5.73 Å². The van der Waals surface area contributed by atoms with Crippen molar-refractivity contribution in [1.29, 1.82) is 0 Å². The molecule has 0 spiro atoms. The number of hydrogen-bond donors (Lipinski definition) is 1. The summed E-state index contributed by atoms with van der Waals surface area (Å²) in [4.78, 5) is 11.2. The highest BCUT2D eigenvalue weighted by molar-refractivity contribution is 5.94. The van der Waals surface area contributed by atoms with Crippen LogP contribution in [0.5, 0.6) is 0 Å². The lowest BCUT2D eigenvalue weighted by Crippen LogP contribution is -2.10. The first-order chi connectivity index (χ1) is 8.09. The van der Waals surface area contributed by atoms with Crippen LogP contribution in [0.25, 0.3) is 11.1 Å². The van der Waals surface area contributed by atoms with Crippen LogP contribution >= 0.6 is 12.4 Å². The first-order valence-corrected chi connectivity index (χ1v) is 5.56. The molecule has 0 saturated carbocycles. The predicted molar refractivity (Wildman–Crippen MR) is 77.1 cm³/mol. The Bertz CT molecular complexity index is 578. The quantitative estimate of drug-likeness (QED) is 0.884. The standard InChI is InChI=1S/C15H15NO.ClH/c1-10-5-3-8-14(11(10)2)12-6-4-7-13(9-12)15(16)17;/h3-9H,1-2H3,(H2,16,17);1H. The molecule has 2 N–H and O–H groups in total. The minimum atomic E-state index is -0.392. The maximum Gasteiger partial charge on any atom is 0.248 e. The molecule has 0 atom stereocenters. The summed E-state index contributed by atoms with van der Waals surface area (Å²) < 4.78 is 0. The second-order valence-corrected chi connectivity index (χ2v) is 4.19. The molecule has 2 nitrogen and oxygen atoms in total. The Morgan fingerprint density at radius 3 is 2.39 bits per heavy atom. The molecule has 3 heteroatoms. The van der Waals surface area contributed by atoms with Gasteiger partial charge in [-0.15, -0.1) is 12.4 Å². The molecular formula is C15H16ClNO. The maximum absolute atomic E-state index is 11.2. The molecule has 2 aromatic rings. The summed E-state index contributed by atoms with van der Waals surface area (Å²) in [5.41, 5.74) is 10.5. The van der Waals surface area contributed by atoms with Gasteiger partial charge in [0.25, 0.3) is 0 Å². The van der Waals surface area contributed by atoms with E-state index in [0.29, 0.717) is 5.56 Å². The minimum Gasteiger partial charge on any atom is -0.366 e. The highest BCUT2D eigenvalue weighted by atomic mass is 35.5. The van der Waals surface area contributed by atoms with E-state index in [1.807, 2.05) is 24.3 Å². The Labute approximate surface area is 113 Å². The first kappa shape index (κ1) is 14.3. The largest absolute Gasteiger partial charge is 0.366 e. The zero-order valence-electron chi connectivity index (χ0n) is 10.4. The third-order valence-electron chi connectivity index (χ3n) is 3.06. The van der Waals surface area contributed by atoms with E-state index in [4.69, 9.17) is 5.73 Å². The number of rotatable bonds is 2. The monoisotopic (exact) mass is 261 g/mol. The fourth-order valence-electron chi connectivity index (χ4n) is 1.90. The van der Waals surface area contributed by atoms with Gasteiger partial charge < -0.3 is 5.73 Å². The van der Waals surface area contributed by atoms with Crippen molar-refractivity contribution in [2.24, 2.45) is 5.73 Å². The second kappa shape index (κ2) is 5.69. The second-order valence-electron chi connectivity index (χ2n) is 4.19. The van der Waals surface area contributed by atoms with Crippen LogP contribution in [0.1, 0.15) is 21.5 Å². The molecule has 2 aromatic carbocycles. The molecule has 0 unspecified atom stereocenters. The molecule has 0 aliphatic heterocycles. The number of carbonyl (C=O) groups excluding carboxylic acids is 1. The molecule has 0 heterocycles. The lowest BCUT2D eigenvalue weighted by molar-refractivity contribution is 0.100. The van der Waals surface area contributed by atoms with E-state index in [1.54, 1.807) is 6.07 Å². The lowest BCUT2D eigenvalue weighted by atomic mass is 9.96. The fraction of sp³-hybridized carbons (Fsp3) is 0.133. The highest BCUT2D eigenvalue weighted by Gasteiger charge is 2.06. The summed E-state index contributed by atoms with van der Waals surface area (Å²) in [5, 5.41) is 0. The molecule has 0 bridgehead atoms. The topological polar surface area (TPSA) is 43.1 Å². The number of halogens is 1. The van der Waals surface area contributed by atoms with Crippen molar-refractivity contribution in [2.45, 2.75) is 13.8 Å². The summed E-state index contributed by atoms with van der Waals surface area (Å²) >= 11 is 0. The smallest absolute Gasteiger partial charge is 0.248 e. The molecule has 1 amide bonds. The van der Waals surface area contributed by atoms with Crippen molar-refractivity contribution in [1.82, 2.24) is 0 Å². The highest BCUT2D eigenvalue weighted by Crippen LogP contribution is 2.25. The Morgan fingerprint density at radius 1 is 1.06 bits per heavy atom. The number of primary amides is 1. The van der Waals surface area contributed by atoms with Gasteiger partial charge in [0, 0.05) is 5.56 Å². The average molecular weight is 262 g/mol. The summed E-state index contributed by atoms with van der Waals surface area (Å²) in [6.07, 6.45) is 0. The Morgan fingerprint density at radius 2 is 1.72 bits per heavy atom. The van der Waals surface area contributed by atoms with E-state index < -0.39 is 5.91 Å². The average Bonchev–Trinajstić information content (AvgIpc) is 2.33. The van der Waals surface area contributed by atoms with Crippen molar-refractivity contribution in [3.05, 3.63) is 59.2 Å². The van der Waals surface area contributed by atoms with Gasteiger partial charge in [0.1, 0.15) is 0 Å². The zero-order chi connectivity index (χ0) is 12.4. The molecule has 0 aliphatic rings. The van der Waals surface area contributed by atoms with E-state index in [0.717, 1.165) is 11.1 Å². The van der Waals surface area contributed by atoms with Gasteiger partial charge in [0.2, 0.25) is 5.91 Å². The van der Waals surface area contributed by atoms with Crippen molar-refractivity contribution in [2.75, 3.05) is 0 Å². The zero-order valence-corrected chi connectivity index (χ0v) is 11.3. The Kier molecular flexibility index (Phi) is 4.51. The van der Waals surface area contributed by atoms with E-state index in [-0.39, 0.29) is 12.4 Å². The predicted octanol–water partition coefficient (Wildman–Crippen LogP) is 3.49.